The van der Waals surface area contributed by atoms with Crippen molar-refractivity contribution in [3.8, 4) is 0 Å². The van der Waals surface area contributed by atoms with Crippen molar-refractivity contribution >= 4 is 75.4 Å². The molecule has 0 saturated carbocycles. The van der Waals surface area contributed by atoms with Crippen molar-refractivity contribution in [2.75, 3.05) is 0 Å². The van der Waals surface area contributed by atoms with Gasteiger partial charge in [-0.25, -0.2) is 0 Å². The molecule has 0 aliphatic rings. The van der Waals surface area contributed by atoms with Gasteiger partial charge in [-0.3, -0.25) is 4.79 Å². The SMILES string of the molecule is O=C(c1ccccc1)c1cccc(C(Cl)(Cl)Cl)c1C(Cl)(Cl)Cl. The molecule has 0 heterocycles. The average molecular weight is 417 g/mol. The maximum atomic E-state index is 12.7. The van der Waals surface area contributed by atoms with Gasteiger partial charge in [-0.2, -0.15) is 0 Å². The summed E-state index contributed by atoms with van der Waals surface area (Å²) < 4.78 is -3.74. The zero-order chi connectivity index (χ0) is 16.5. The molecule has 0 amide bonds. The Labute approximate surface area is 158 Å². The van der Waals surface area contributed by atoms with E-state index in [4.69, 9.17) is 69.6 Å². The summed E-state index contributed by atoms with van der Waals surface area (Å²) in [6, 6.07) is 13.2. The van der Waals surface area contributed by atoms with Crippen LogP contribution in [-0.2, 0) is 7.59 Å². The minimum Gasteiger partial charge on any atom is -0.289 e. The molecule has 1 nitrogen and oxygen atoms in total. The van der Waals surface area contributed by atoms with Crippen LogP contribution in [0.15, 0.2) is 48.5 Å². The largest absolute Gasteiger partial charge is 0.289 e. The summed E-state index contributed by atoms with van der Waals surface area (Å²) in [7, 11) is 0. The second-order valence-corrected chi connectivity index (χ2v) is 8.98. The maximum Gasteiger partial charge on any atom is 0.217 e. The number of benzene rings is 2. The fourth-order valence-corrected chi connectivity index (χ4v) is 3.11. The van der Waals surface area contributed by atoms with Crippen molar-refractivity contribution in [1.82, 2.24) is 0 Å². The van der Waals surface area contributed by atoms with Crippen LogP contribution in [0.2, 0.25) is 0 Å². The lowest BCUT2D eigenvalue weighted by Gasteiger charge is -2.24. The molecule has 7 heteroatoms. The summed E-state index contributed by atoms with van der Waals surface area (Å²) >= 11 is 35.8. The topological polar surface area (TPSA) is 17.1 Å². The predicted molar refractivity (Wildman–Crippen MR) is 94.8 cm³/mol. The van der Waals surface area contributed by atoms with Crippen molar-refractivity contribution < 1.29 is 4.79 Å². The first-order valence-electron chi connectivity index (χ1n) is 5.99. The van der Waals surface area contributed by atoms with E-state index in [1.54, 1.807) is 36.4 Å². The minimum atomic E-state index is -1.92. The normalized spacial score (nSPS) is 12.3. The molecule has 0 unspecified atom stereocenters. The Balaban J connectivity index is 2.70. The molecular formula is C15H8Cl6O. The summed E-state index contributed by atoms with van der Waals surface area (Å²) in [5, 5.41) is 0. The number of ketones is 1. The lowest BCUT2D eigenvalue weighted by Crippen LogP contribution is -2.18. The first-order chi connectivity index (χ1) is 10.1. The van der Waals surface area contributed by atoms with Crippen LogP contribution in [0.25, 0.3) is 0 Å². The third kappa shape index (κ3) is 4.03. The van der Waals surface area contributed by atoms with Gasteiger partial charge in [-0.1, -0.05) is 118 Å². The van der Waals surface area contributed by atoms with Gasteiger partial charge in [0.2, 0.25) is 7.59 Å². The van der Waals surface area contributed by atoms with E-state index in [1.807, 2.05) is 0 Å². The number of carbonyl (C=O) groups excluding carboxylic acids is 1. The number of alkyl halides is 6. The van der Waals surface area contributed by atoms with Crippen LogP contribution in [-0.4, -0.2) is 5.78 Å². The van der Waals surface area contributed by atoms with Gasteiger partial charge in [0.25, 0.3) is 0 Å². The average Bonchev–Trinajstić information content (AvgIpc) is 2.45. The van der Waals surface area contributed by atoms with E-state index in [0.717, 1.165) is 0 Å². The van der Waals surface area contributed by atoms with Crippen LogP contribution in [0.5, 0.6) is 0 Å². The van der Waals surface area contributed by atoms with Crippen molar-refractivity contribution in [1.29, 1.82) is 0 Å². The third-order valence-corrected chi connectivity index (χ3v) is 4.11. The fraction of sp³-hybridized carbons (Fsp3) is 0.133. The summed E-state index contributed by atoms with van der Waals surface area (Å²) in [6.45, 7) is 0. The molecule has 0 fully saturated rings. The Kier molecular flexibility index (Phi) is 5.59. The molecule has 0 bridgehead atoms. The van der Waals surface area contributed by atoms with Gasteiger partial charge in [0.05, 0.1) is 0 Å². The first kappa shape index (κ1) is 18.2. The van der Waals surface area contributed by atoms with Crippen LogP contribution >= 0.6 is 69.6 Å². The van der Waals surface area contributed by atoms with Crippen LogP contribution < -0.4 is 0 Å². The van der Waals surface area contributed by atoms with Gasteiger partial charge in [-0.15, -0.1) is 0 Å². The van der Waals surface area contributed by atoms with E-state index in [2.05, 4.69) is 0 Å². The van der Waals surface area contributed by atoms with Gasteiger partial charge in [0.15, 0.2) is 5.78 Å². The predicted octanol–water partition coefficient (Wildman–Crippen LogP) is 6.57. The zero-order valence-electron chi connectivity index (χ0n) is 10.8. The second kappa shape index (κ2) is 6.76. The number of hydrogen-bond acceptors (Lipinski definition) is 1. The Morgan fingerprint density at radius 1 is 0.727 bits per heavy atom. The molecule has 0 aliphatic carbocycles. The second-order valence-electron chi connectivity index (χ2n) is 4.42. The van der Waals surface area contributed by atoms with Gasteiger partial charge in [0, 0.05) is 22.3 Å². The Bertz CT molecular complexity index is 685. The molecule has 2 aromatic carbocycles. The molecule has 116 valence electrons. The van der Waals surface area contributed by atoms with Crippen molar-refractivity contribution in [3.05, 3.63) is 70.8 Å². The maximum absolute atomic E-state index is 12.7. The van der Waals surface area contributed by atoms with E-state index < -0.39 is 7.59 Å². The summed E-state index contributed by atoms with van der Waals surface area (Å²) in [5.74, 6) is -0.321. The highest BCUT2D eigenvalue weighted by molar-refractivity contribution is 6.69. The molecule has 0 radical (unpaired) electrons. The van der Waals surface area contributed by atoms with Gasteiger partial charge < -0.3 is 0 Å². The lowest BCUT2D eigenvalue weighted by atomic mass is 9.95. The molecule has 0 saturated heterocycles. The summed E-state index contributed by atoms with van der Waals surface area (Å²) in [6.07, 6.45) is 0. The molecule has 2 rings (SSSR count). The molecule has 2 aromatic rings. The van der Waals surface area contributed by atoms with Crippen molar-refractivity contribution in [3.63, 3.8) is 0 Å². The van der Waals surface area contributed by atoms with Gasteiger partial charge in [0.1, 0.15) is 0 Å². The van der Waals surface area contributed by atoms with Gasteiger partial charge >= 0.3 is 0 Å². The van der Waals surface area contributed by atoms with E-state index in [1.165, 1.54) is 12.1 Å². The van der Waals surface area contributed by atoms with E-state index in [0.29, 0.717) is 5.56 Å². The standard InChI is InChI=1S/C15H8Cl6O/c16-14(17,18)11-8-4-7-10(12(11)15(19,20)21)13(22)9-5-2-1-3-6-9/h1-8H. The monoisotopic (exact) mass is 414 g/mol. The van der Waals surface area contributed by atoms with Crippen LogP contribution in [0.3, 0.4) is 0 Å². The molecule has 0 atom stereocenters. The number of carbonyl (C=O) groups is 1. The van der Waals surface area contributed by atoms with Crippen LogP contribution in [0.4, 0.5) is 0 Å². The smallest absolute Gasteiger partial charge is 0.217 e. The number of hydrogen-bond donors (Lipinski definition) is 0. The highest BCUT2D eigenvalue weighted by Crippen LogP contribution is 2.49. The highest BCUT2D eigenvalue weighted by atomic mass is 35.6. The van der Waals surface area contributed by atoms with E-state index in [9.17, 15) is 4.79 Å². The Morgan fingerprint density at radius 2 is 1.32 bits per heavy atom. The van der Waals surface area contributed by atoms with E-state index >= 15 is 0 Å². The lowest BCUT2D eigenvalue weighted by molar-refractivity contribution is 0.103. The molecule has 0 aliphatic heterocycles. The van der Waals surface area contributed by atoms with Crippen LogP contribution in [0.1, 0.15) is 27.0 Å². The molecular weight excluding hydrogens is 409 g/mol. The minimum absolute atomic E-state index is 0.0638. The van der Waals surface area contributed by atoms with Crippen LogP contribution in [0, 0.1) is 0 Å². The van der Waals surface area contributed by atoms with Crippen molar-refractivity contribution in [2.24, 2.45) is 0 Å². The van der Waals surface area contributed by atoms with E-state index in [-0.39, 0.29) is 22.5 Å². The number of halogens is 6. The fourth-order valence-electron chi connectivity index (χ4n) is 2.03. The molecule has 0 aromatic heterocycles. The Hall–Kier alpha value is -0.150. The highest BCUT2D eigenvalue weighted by Gasteiger charge is 2.38. The van der Waals surface area contributed by atoms with Crippen molar-refractivity contribution in [2.45, 2.75) is 7.59 Å². The quantitative estimate of drug-likeness (QED) is 0.399. The molecule has 22 heavy (non-hydrogen) atoms. The molecule has 0 spiro atoms. The number of rotatable bonds is 2. The third-order valence-electron chi connectivity index (χ3n) is 2.93. The Morgan fingerprint density at radius 3 is 1.82 bits per heavy atom. The summed E-state index contributed by atoms with van der Waals surface area (Å²) in [5.41, 5.74) is 0.836. The summed E-state index contributed by atoms with van der Waals surface area (Å²) in [4.78, 5) is 12.7. The first-order valence-corrected chi connectivity index (χ1v) is 8.26. The molecule has 0 N–H and O–H groups in total. The zero-order valence-corrected chi connectivity index (χ0v) is 15.3. The van der Waals surface area contributed by atoms with Gasteiger partial charge in [-0.05, 0) is 0 Å².